The van der Waals surface area contributed by atoms with Crippen molar-refractivity contribution in [2.45, 2.75) is 6.92 Å². The minimum Gasteiger partial charge on any atom is -0.423 e. The molecule has 0 amide bonds. The molecule has 0 fully saturated rings. The predicted molar refractivity (Wildman–Crippen MR) is 70.7 cm³/mol. The van der Waals surface area contributed by atoms with E-state index in [-0.39, 0.29) is 6.01 Å². The molecule has 1 heterocycles. The van der Waals surface area contributed by atoms with E-state index in [1.807, 2.05) is 30.3 Å². The minimum atomic E-state index is 0.200. The summed E-state index contributed by atoms with van der Waals surface area (Å²) in [6.07, 6.45) is 0. The van der Waals surface area contributed by atoms with Gasteiger partial charge in [-0.05, 0) is 47.7 Å². The van der Waals surface area contributed by atoms with Crippen LogP contribution in [0.2, 0.25) is 0 Å². The van der Waals surface area contributed by atoms with Crippen LogP contribution < -0.4 is 4.74 Å². The third-order valence-corrected chi connectivity index (χ3v) is 2.88. The highest BCUT2D eigenvalue weighted by molar-refractivity contribution is 14.1. The van der Waals surface area contributed by atoms with Crippen LogP contribution in [-0.4, -0.2) is 9.97 Å². The second-order valence-electron chi connectivity index (χ2n) is 3.32. The van der Waals surface area contributed by atoms with Gasteiger partial charge in [0.1, 0.15) is 17.5 Å². The molecule has 0 spiro atoms. The Morgan fingerprint density at radius 3 is 2.76 bits per heavy atom. The molecule has 0 aliphatic heterocycles. The van der Waals surface area contributed by atoms with Crippen molar-refractivity contribution in [3.8, 4) is 17.8 Å². The molecule has 4 nitrogen and oxygen atoms in total. The first-order valence-corrected chi connectivity index (χ1v) is 5.95. The lowest BCUT2D eigenvalue weighted by molar-refractivity contribution is 0.437. The van der Waals surface area contributed by atoms with Crippen LogP contribution in [0.15, 0.2) is 30.3 Å². The Morgan fingerprint density at radius 1 is 1.29 bits per heavy atom. The summed E-state index contributed by atoms with van der Waals surface area (Å²) in [5.41, 5.74) is 1.01. The normalized spacial score (nSPS) is 9.71. The number of benzene rings is 1. The Balaban J connectivity index is 2.34. The molecular formula is C12H8IN3O. The van der Waals surface area contributed by atoms with Crippen molar-refractivity contribution in [3.63, 3.8) is 0 Å². The molecule has 0 bridgehead atoms. The molecule has 5 heteroatoms. The number of halogens is 1. The minimum absolute atomic E-state index is 0.200. The van der Waals surface area contributed by atoms with Crippen molar-refractivity contribution in [1.29, 1.82) is 5.26 Å². The van der Waals surface area contributed by atoms with Crippen molar-refractivity contribution >= 4 is 22.6 Å². The van der Waals surface area contributed by atoms with Gasteiger partial charge < -0.3 is 4.74 Å². The number of nitriles is 1. The van der Waals surface area contributed by atoms with Gasteiger partial charge in [-0.25, -0.2) is 4.98 Å². The molecule has 84 valence electrons. The fourth-order valence-electron chi connectivity index (χ4n) is 1.27. The largest absolute Gasteiger partial charge is 0.423 e. The third-order valence-electron chi connectivity index (χ3n) is 1.99. The molecule has 2 rings (SSSR count). The van der Waals surface area contributed by atoms with Crippen LogP contribution in [0.1, 0.15) is 11.4 Å². The van der Waals surface area contributed by atoms with Crippen LogP contribution in [0.25, 0.3) is 0 Å². The summed E-state index contributed by atoms with van der Waals surface area (Å²) in [5.74, 6) is 0.683. The highest BCUT2D eigenvalue weighted by Crippen LogP contribution is 2.24. The number of nitrogens with zero attached hydrogens (tertiary/aromatic N) is 3. The number of aromatic nitrogens is 2. The molecule has 17 heavy (non-hydrogen) atoms. The molecule has 2 aromatic rings. The predicted octanol–water partition coefficient (Wildman–Crippen LogP) is 3.05. The number of hydrogen-bond donors (Lipinski definition) is 0. The smallest absolute Gasteiger partial charge is 0.323 e. The summed E-state index contributed by atoms with van der Waals surface area (Å²) in [6.45, 7) is 1.80. The molecule has 1 aromatic carbocycles. The SMILES string of the molecule is Cc1cc(C#N)nc(Oc2ccccc2I)n1. The maximum Gasteiger partial charge on any atom is 0.323 e. The van der Waals surface area contributed by atoms with Crippen LogP contribution in [0.3, 0.4) is 0 Å². The zero-order valence-corrected chi connectivity index (χ0v) is 11.2. The summed E-state index contributed by atoms with van der Waals surface area (Å²) in [6, 6.07) is 11.3. The first-order chi connectivity index (χ1) is 8.19. The van der Waals surface area contributed by atoms with Crippen molar-refractivity contribution in [1.82, 2.24) is 9.97 Å². The summed E-state index contributed by atoms with van der Waals surface area (Å²) < 4.78 is 6.52. The van der Waals surface area contributed by atoms with Crippen LogP contribution in [0, 0.1) is 21.8 Å². The van der Waals surface area contributed by atoms with Crippen LogP contribution in [0.5, 0.6) is 11.8 Å². The van der Waals surface area contributed by atoms with Gasteiger partial charge in [0.05, 0.1) is 3.57 Å². The highest BCUT2D eigenvalue weighted by Gasteiger charge is 2.06. The molecule has 0 aliphatic rings. The van der Waals surface area contributed by atoms with Gasteiger partial charge in [0.2, 0.25) is 0 Å². The van der Waals surface area contributed by atoms with Crippen molar-refractivity contribution < 1.29 is 4.74 Å². The Morgan fingerprint density at radius 2 is 2.06 bits per heavy atom. The van der Waals surface area contributed by atoms with Gasteiger partial charge >= 0.3 is 6.01 Å². The van der Waals surface area contributed by atoms with E-state index in [1.54, 1.807) is 13.0 Å². The van der Waals surface area contributed by atoms with E-state index in [1.165, 1.54) is 0 Å². The first kappa shape index (κ1) is 11.8. The molecule has 0 N–H and O–H groups in total. The zero-order valence-electron chi connectivity index (χ0n) is 9.01. The highest BCUT2D eigenvalue weighted by atomic mass is 127. The molecule has 0 saturated carbocycles. The summed E-state index contributed by atoms with van der Waals surface area (Å²) >= 11 is 2.17. The average molecular weight is 337 g/mol. The topological polar surface area (TPSA) is 58.8 Å². The average Bonchev–Trinajstić information content (AvgIpc) is 2.31. The van der Waals surface area contributed by atoms with Crippen LogP contribution in [-0.2, 0) is 0 Å². The van der Waals surface area contributed by atoms with E-state index >= 15 is 0 Å². The number of aryl methyl sites for hydroxylation is 1. The lowest BCUT2D eigenvalue weighted by Gasteiger charge is -2.06. The van der Waals surface area contributed by atoms with Crippen molar-refractivity contribution in [2.24, 2.45) is 0 Å². The monoisotopic (exact) mass is 337 g/mol. The van der Waals surface area contributed by atoms with Gasteiger partial charge in [0.25, 0.3) is 0 Å². The van der Waals surface area contributed by atoms with E-state index in [0.29, 0.717) is 17.1 Å². The summed E-state index contributed by atoms with van der Waals surface area (Å²) in [4.78, 5) is 8.12. The van der Waals surface area contributed by atoms with E-state index in [9.17, 15) is 0 Å². The molecule has 0 saturated heterocycles. The number of ether oxygens (including phenoxy) is 1. The lowest BCUT2D eigenvalue weighted by Crippen LogP contribution is -1.97. The standard InChI is InChI=1S/C12H8IN3O/c1-8-6-9(7-14)16-12(15-8)17-11-5-3-2-4-10(11)13/h2-6H,1H3. The van der Waals surface area contributed by atoms with E-state index in [4.69, 9.17) is 10.00 Å². The third kappa shape index (κ3) is 2.91. The molecule has 1 aromatic heterocycles. The maximum atomic E-state index is 8.81. The molecule has 0 radical (unpaired) electrons. The summed E-state index contributed by atoms with van der Waals surface area (Å²) in [5, 5.41) is 8.81. The van der Waals surface area contributed by atoms with Gasteiger partial charge in [-0.15, -0.1) is 0 Å². The molecule has 0 aliphatic carbocycles. The second kappa shape index (κ2) is 5.10. The zero-order chi connectivity index (χ0) is 12.3. The van der Waals surface area contributed by atoms with Gasteiger partial charge in [-0.2, -0.15) is 10.2 Å². The fourth-order valence-corrected chi connectivity index (χ4v) is 1.77. The Hall–Kier alpha value is -1.68. The van der Waals surface area contributed by atoms with E-state index in [0.717, 1.165) is 3.57 Å². The maximum absolute atomic E-state index is 8.81. The molecular weight excluding hydrogens is 329 g/mol. The van der Waals surface area contributed by atoms with Gasteiger partial charge in [0.15, 0.2) is 0 Å². The van der Waals surface area contributed by atoms with Gasteiger partial charge in [0, 0.05) is 5.69 Å². The van der Waals surface area contributed by atoms with E-state index in [2.05, 4.69) is 32.6 Å². The number of rotatable bonds is 2. The van der Waals surface area contributed by atoms with Crippen LogP contribution in [0.4, 0.5) is 0 Å². The molecule has 0 unspecified atom stereocenters. The van der Waals surface area contributed by atoms with Gasteiger partial charge in [-0.1, -0.05) is 12.1 Å². The first-order valence-electron chi connectivity index (χ1n) is 4.87. The van der Waals surface area contributed by atoms with Crippen molar-refractivity contribution in [3.05, 3.63) is 45.3 Å². The van der Waals surface area contributed by atoms with Crippen molar-refractivity contribution in [2.75, 3.05) is 0 Å². The fraction of sp³-hybridized carbons (Fsp3) is 0.0833. The number of hydrogen-bond acceptors (Lipinski definition) is 4. The molecule has 0 atom stereocenters. The Kier molecular flexibility index (Phi) is 3.54. The summed E-state index contributed by atoms with van der Waals surface area (Å²) in [7, 11) is 0. The second-order valence-corrected chi connectivity index (χ2v) is 4.48. The van der Waals surface area contributed by atoms with Gasteiger partial charge in [-0.3, -0.25) is 0 Å². The Bertz CT molecular complexity index is 593. The van der Waals surface area contributed by atoms with E-state index < -0.39 is 0 Å². The van der Waals surface area contributed by atoms with Crippen LogP contribution >= 0.6 is 22.6 Å². The quantitative estimate of drug-likeness (QED) is 0.791. The lowest BCUT2D eigenvalue weighted by atomic mass is 10.3. The number of para-hydroxylation sites is 1. The Labute approximate surface area is 112 Å².